The van der Waals surface area contributed by atoms with E-state index in [1.54, 1.807) is 0 Å². The molecule has 0 aromatic carbocycles. The summed E-state index contributed by atoms with van der Waals surface area (Å²) in [6.45, 7) is 12.7. The van der Waals surface area contributed by atoms with Gasteiger partial charge in [0.05, 0.1) is 0 Å². The predicted molar refractivity (Wildman–Crippen MR) is 95.3 cm³/mol. The molecule has 0 aliphatic carbocycles. The first-order chi connectivity index (χ1) is 11.3. The van der Waals surface area contributed by atoms with Crippen molar-refractivity contribution in [2.75, 3.05) is 68.7 Å². The van der Waals surface area contributed by atoms with E-state index in [1.807, 2.05) is 0 Å². The zero-order valence-electron chi connectivity index (χ0n) is 14.3. The summed E-state index contributed by atoms with van der Waals surface area (Å²) >= 11 is 0. The molecular formula is C18H29N5. The van der Waals surface area contributed by atoms with E-state index in [1.165, 1.54) is 31.7 Å². The van der Waals surface area contributed by atoms with Crippen LogP contribution in [0.1, 0.15) is 19.8 Å². The Labute approximate surface area is 139 Å². The topological polar surface area (TPSA) is 34.6 Å². The summed E-state index contributed by atoms with van der Waals surface area (Å²) in [4.78, 5) is 12.4. The maximum Gasteiger partial charge on any atom is 0.131 e. The van der Waals surface area contributed by atoms with Crippen LogP contribution in [0, 0.1) is 5.41 Å². The third-order valence-electron chi connectivity index (χ3n) is 6.01. The highest BCUT2D eigenvalue weighted by molar-refractivity contribution is 5.49. The Bertz CT molecular complexity index is 524. The normalized spacial score (nSPS) is 24.7. The number of likely N-dealkylation sites (N-methyl/N-ethyl adjacent to an activating group) is 1. The summed E-state index contributed by atoms with van der Waals surface area (Å²) in [6.07, 6.45) is 2.61. The van der Waals surface area contributed by atoms with Gasteiger partial charge < -0.3 is 20.0 Å². The fraction of sp³-hybridized carbons (Fsp3) is 0.722. The van der Waals surface area contributed by atoms with Crippen LogP contribution in [0.4, 0.5) is 11.6 Å². The lowest BCUT2D eigenvalue weighted by Gasteiger charge is -2.48. The first-order valence-electron chi connectivity index (χ1n) is 9.18. The second-order valence-corrected chi connectivity index (χ2v) is 7.37. The van der Waals surface area contributed by atoms with Crippen molar-refractivity contribution in [2.45, 2.75) is 19.8 Å². The second kappa shape index (κ2) is 6.29. The molecule has 1 N–H and O–H groups in total. The summed E-state index contributed by atoms with van der Waals surface area (Å²) in [5.74, 6) is 2.33. The largest absolute Gasteiger partial charge is 0.357 e. The van der Waals surface area contributed by atoms with E-state index in [-0.39, 0.29) is 0 Å². The van der Waals surface area contributed by atoms with Gasteiger partial charge in [0.2, 0.25) is 0 Å². The van der Waals surface area contributed by atoms with Crippen LogP contribution in [0.3, 0.4) is 0 Å². The maximum atomic E-state index is 4.98. The predicted octanol–water partition coefficient (Wildman–Crippen LogP) is 1.41. The van der Waals surface area contributed by atoms with Gasteiger partial charge >= 0.3 is 0 Å². The molecule has 0 unspecified atom stereocenters. The molecule has 5 heteroatoms. The molecule has 3 aliphatic rings. The van der Waals surface area contributed by atoms with Crippen LogP contribution >= 0.6 is 0 Å². The Kier molecular flexibility index (Phi) is 4.16. The number of piperidine rings is 1. The van der Waals surface area contributed by atoms with E-state index < -0.39 is 0 Å². The van der Waals surface area contributed by atoms with Crippen molar-refractivity contribution in [3.05, 3.63) is 18.2 Å². The van der Waals surface area contributed by atoms with Crippen molar-refractivity contribution >= 4 is 11.6 Å². The van der Waals surface area contributed by atoms with Gasteiger partial charge in [0, 0.05) is 52.4 Å². The summed E-state index contributed by atoms with van der Waals surface area (Å²) in [6, 6.07) is 6.54. The molecule has 3 fully saturated rings. The van der Waals surface area contributed by atoms with Gasteiger partial charge in [-0.3, -0.25) is 0 Å². The molecule has 0 bridgehead atoms. The Balaban J connectivity index is 1.40. The van der Waals surface area contributed by atoms with Gasteiger partial charge in [-0.2, -0.15) is 0 Å². The number of nitrogens with zero attached hydrogens (tertiary/aromatic N) is 4. The number of aromatic nitrogens is 1. The van der Waals surface area contributed by atoms with Crippen molar-refractivity contribution in [1.29, 1.82) is 0 Å². The molecule has 4 rings (SSSR count). The Morgan fingerprint density at radius 2 is 1.57 bits per heavy atom. The molecule has 5 nitrogen and oxygen atoms in total. The van der Waals surface area contributed by atoms with Crippen molar-refractivity contribution < 1.29 is 0 Å². The smallest absolute Gasteiger partial charge is 0.131 e. The fourth-order valence-electron chi connectivity index (χ4n) is 4.10. The Morgan fingerprint density at radius 1 is 0.957 bits per heavy atom. The van der Waals surface area contributed by atoms with Crippen LogP contribution < -0.4 is 15.1 Å². The molecule has 0 amide bonds. The minimum Gasteiger partial charge on any atom is -0.357 e. The van der Waals surface area contributed by atoms with Crippen molar-refractivity contribution in [2.24, 2.45) is 5.41 Å². The standard InChI is InChI=1S/C18H29N5/c1-2-21-10-12-23(13-11-21)17-5-3-4-16(20-17)22-8-6-18(7-9-22)14-19-15-18/h3-5,19H,2,6-15H2,1H3. The molecule has 1 spiro atoms. The van der Waals surface area contributed by atoms with Crippen molar-refractivity contribution in [3.8, 4) is 0 Å². The molecule has 126 valence electrons. The number of nitrogens with one attached hydrogen (secondary N) is 1. The van der Waals surface area contributed by atoms with Crippen LogP contribution in [0.2, 0.25) is 0 Å². The molecule has 3 saturated heterocycles. The molecule has 0 radical (unpaired) electrons. The highest BCUT2D eigenvalue weighted by atomic mass is 15.3. The SMILES string of the molecule is CCN1CCN(c2cccc(N3CCC4(CC3)CNC4)n2)CC1. The fourth-order valence-corrected chi connectivity index (χ4v) is 4.10. The Hall–Kier alpha value is -1.33. The van der Waals surface area contributed by atoms with Gasteiger partial charge in [-0.05, 0) is 36.9 Å². The lowest BCUT2D eigenvalue weighted by Crippen LogP contribution is -2.58. The van der Waals surface area contributed by atoms with Crippen LogP contribution in [0.5, 0.6) is 0 Å². The van der Waals surface area contributed by atoms with Crippen LogP contribution in [-0.2, 0) is 0 Å². The molecular weight excluding hydrogens is 286 g/mol. The molecule has 0 atom stereocenters. The summed E-state index contributed by atoms with van der Waals surface area (Å²) in [5, 5.41) is 3.44. The lowest BCUT2D eigenvalue weighted by molar-refractivity contribution is 0.126. The first-order valence-corrected chi connectivity index (χ1v) is 9.18. The molecule has 3 aliphatic heterocycles. The van der Waals surface area contributed by atoms with E-state index >= 15 is 0 Å². The van der Waals surface area contributed by atoms with Crippen LogP contribution in [0.15, 0.2) is 18.2 Å². The zero-order chi connectivity index (χ0) is 15.7. The average molecular weight is 315 g/mol. The van der Waals surface area contributed by atoms with E-state index in [4.69, 9.17) is 4.98 Å². The molecule has 0 saturated carbocycles. The molecule has 4 heterocycles. The van der Waals surface area contributed by atoms with Gasteiger partial charge in [0.25, 0.3) is 0 Å². The van der Waals surface area contributed by atoms with E-state index in [0.717, 1.165) is 51.6 Å². The monoisotopic (exact) mass is 315 g/mol. The summed E-state index contributed by atoms with van der Waals surface area (Å²) in [7, 11) is 0. The van der Waals surface area contributed by atoms with Gasteiger partial charge in [-0.15, -0.1) is 0 Å². The van der Waals surface area contributed by atoms with Crippen molar-refractivity contribution in [1.82, 2.24) is 15.2 Å². The quantitative estimate of drug-likeness (QED) is 0.912. The van der Waals surface area contributed by atoms with Crippen LogP contribution in [-0.4, -0.2) is 68.8 Å². The van der Waals surface area contributed by atoms with Gasteiger partial charge in [0.1, 0.15) is 11.6 Å². The average Bonchev–Trinajstić information content (AvgIpc) is 2.61. The number of hydrogen-bond acceptors (Lipinski definition) is 5. The minimum absolute atomic E-state index is 0.602. The molecule has 1 aromatic rings. The van der Waals surface area contributed by atoms with E-state index in [0.29, 0.717) is 5.41 Å². The van der Waals surface area contributed by atoms with Gasteiger partial charge in [-0.1, -0.05) is 13.0 Å². The summed E-state index contributed by atoms with van der Waals surface area (Å²) in [5.41, 5.74) is 0.602. The number of rotatable bonds is 3. The molecule has 1 aromatic heterocycles. The third-order valence-corrected chi connectivity index (χ3v) is 6.01. The maximum absolute atomic E-state index is 4.98. The minimum atomic E-state index is 0.602. The van der Waals surface area contributed by atoms with Crippen LogP contribution in [0.25, 0.3) is 0 Å². The Morgan fingerprint density at radius 3 is 2.09 bits per heavy atom. The number of anilines is 2. The number of hydrogen-bond donors (Lipinski definition) is 1. The van der Waals surface area contributed by atoms with Crippen molar-refractivity contribution in [3.63, 3.8) is 0 Å². The van der Waals surface area contributed by atoms with E-state index in [9.17, 15) is 0 Å². The van der Waals surface area contributed by atoms with E-state index in [2.05, 4.69) is 45.1 Å². The number of piperazine rings is 1. The summed E-state index contributed by atoms with van der Waals surface area (Å²) < 4.78 is 0. The third kappa shape index (κ3) is 3.04. The number of pyridine rings is 1. The van der Waals surface area contributed by atoms with Gasteiger partial charge in [0.15, 0.2) is 0 Å². The highest BCUT2D eigenvalue weighted by Crippen LogP contribution is 2.36. The molecule has 23 heavy (non-hydrogen) atoms. The lowest BCUT2D eigenvalue weighted by atomic mass is 9.73. The highest BCUT2D eigenvalue weighted by Gasteiger charge is 2.39. The zero-order valence-corrected chi connectivity index (χ0v) is 14.3. The second-order valence-electron chi connectivity index (χ2n) is 7.37. The first kappa shape index (κ1) is 15.2. The van der Waals surface area contributed by atoms with Gasteiger partial charge in [-0.25, -0.2) is 4.98 Å².